The van der Waals surface area contributed by atoms with E-state index in [1.54, 1.807) is 6.07 Å². The summed E-state index contributed by atoms with van der Waals surface area (Å²) in [6.45, 7) is 2.89. The van der Waals surface area contributed by atoms with Crippen LogP contribution in [-0.2, 0) is 9.47 Å². The molecule has 2 N–H and O–H groups in total. The number of anilines is 2. The first-order valence-electron chi connectivity index (χ1n) is 6.93. The SMILES string of the molecule is Nc1ccc2nc(N3CCCC4(C3)OCCO4)oc2c1. The van der Waals surface area contributed by atoms with Crippen molar-refractivity contribution in [1.29, 1.82) is 0 Å². The summed E-state index contributed by atoms with van der Waals surface area (Å²) in [6.07, 6.45) is 1.93. The average Bonchev–Trinajstić information content (AvgIpc) is 3.05. The van der Waals surface area contributed by atoms with E-state index in [-0.39, 0.29) is 0 Å². The Morgan fingerprint density at radius 2 is 2.10 bits per heavy atom. The van der Waals surface area contributed by atoms with Crippen LogP contribution < -0.4 is 10.6 Å². The van der Waals surface area contributed by atoms with Crippen LogP contribution in [0.1, 0.15) is 12.8 Å². The van der Waals surface area contributed by atoms with Crippen molar-refractivity contribution >= 4 is 22.8 Å². The average molecular weight is 275 g/mol. The molecule has 106 valence electrons. The maximum atomic E-state index is 5.81. The lowest BCUT2D eigenvalue weighted by molar-refractivity contribution is -0.161. The summed E-state index contributed by atoms with van der Waals surface area (Å²) < 4.78 is 17.4. The van der Waals surface area contributed by atoms with Gasteiger partial charge >= 0.3 is 0 Å². The Morgan fingerprint density at radius 1 is 1.25 bits per heavy atom. The molecule has 6 nitrogen and oxygen atoms in total. The third-order valence-electron chi connectivity index (χ3n) is 3.90. The molecule has 0 bridgehead atoms. The van der Waals surface area contributed by atoms with E-state index < -0.39 is 5.79 Å². The number of nitrogens with zero attached hydrogens (tertiary/aromatic N) is 2. The molecule has 2 saturated heterocycles. The molecule has 1 aromatic heterocycles. The highest BCUT2D eigenvalue weighted by Gasteiger charge is 2.41. The molecule has 4 rings (SSSR count). The number of nitrogens with two attached hydrogens (primary N) is 1. The summed E-state index contributed by atoms with van der Waals surface area (Å²) in [5.41, 5.74) is 7.98. The van der Waals surface area contributed by atoms with E-state index in [2.05, 4.69) is 9.88 Å². The van der Waals surface area contributed by atoms with Gasteiger partial charge in [-0.05, 0) is 18.6 Å². The molecule has 0 saturated carbocycles. The maximum Gasteiger partial charge on any atom is 0.298 e. The zero-order valence-corrected chi connectivity index (χ0v) is 11.2. The number of benzene rings is 1. The first kappa shape index (κ1) is 12.0. The van der Waals surface area contributed by atoms with Gasteiger partial charge in [-0.1, -0.05) is 0 Å². The van der Waals surface area contributed by atoms with Crippen molar-refractivity contribution in [3.05, 3.63) is 18.2 Å². The Hall–Kier alpha value is -1.79. The molecule has 2 aromatic rings. The smallest absolute Gasteiger partial charge is 0.298 e. The quantitative estimate of drug-likeness (QED) is 0.799. The van der Waals surface area contributed by atoms with E-state index in [0.717, 1.165) is 24.9 Å². The number of ether oxygens (including phenoxy) is 2. The van der Waals surface area contributed by atoms with Crippen LogP contribution in [0.3, 0.4) is 0 Å². The standard InChI is InChI=1S/C14H17N3O3/c15-10-2-3-11-12(8-10)20-13(16-11)17-5-1-4-14(9-17)18-6-7-19-14/h2-3,8H,1,4-7,9,15H2. The Bertz CT molecular complexity index is 634. The van der Waals surface area contributed by atoms with E-state index in [4.69, 9.17) is 19.6 Å². The Morgan fingerprint density at radius 3 is 2.95 bits per heavy atom. The molecule has 0 amide bonds. The molecule has 0 atom stereocenters. The van der Waals surface area contributed by atoms with Gasteiger partial charge in [0.15, 0.2) is 11.4 Å². The lowest BCUT2D eigenvalue weighted by Crippen LogP contribution is -2.49. The van der Waals surface area contributed by atoms with E-state index in [1.807, 2.05) is 12.1 Å². The molecule has 2 aliphatic heterocycles. The number of hydrogen-bond donors (Lipinski definition) is 1. The third-order valence-corrected chi connectivity index (χ3v) is 3.90. The van der Waals surface area contributed by atoms with E-state index in [1.165, 1.54) is 0 Å². The highest BCUT2D eigenvalue weighted by atomic mass is 16.7. The fourth-order valence-corrected chi connectivity index (χ4v) is 2.95. The molecule has 0 aliphatic carbocycles. The van der Waals surface area contributed by atoms with Crippen LogP contribution in [0.5, 0.6) is 0 Å². The predicted octanol–water partition coefficient (Wildman–Crippen LogP) is 1.75. The van der Waals surface area contributed by atoms with Crippen LogP contribution in [0.4, 0.5) is 11.7 Å². The van der Waals surface area contributed by atoms with Crippen LogP contribution in [0.25, 0.3) is 11.1 Å². The van der Waals surface area contributed by atoms with Crippen LogP contribution in [0.2, 0.25) is 0 Å². The van der Waals surface area contributed by atoms with Crippen molar-refractivity contribution in [2.75, 3.05) is 36.9 Å². The summed E-state index contributed by atoms with van der Waals surface area (Å²) in [5, 5.41) is 0. The molecule has 0 unspecified atom stereocenters. The second kappa shape index (κ2) is 4.36. The summed E-state index contributed by atoms with van der Waals surface area (Å²) in [6, 6.07) is 6.12. The third kappa shape index (κ3) is 1.92. The summed E-state index contributed by atoms with van der Waals surface area (Å²) in [7, 11) is 0. The number of fused-ring (bicyclic) bond motifs is 1. The predicted molar refractivity (Wildman–Crippen MR) is 74.5 cm³/mol. The number of nitrogen functional groups attached to an aromatic ring is 1. The van der Waals surface area contributed by atoms with Gasteiger partial charge < -0.3 is 24.5 Å². The fraction of sp³-hybridized carbons (Fsp3) is 0.500. The zero-order chi connectivity index (χ0) is 13.6. The van der Waals surface area contributed by atoms with Crippen LogP contribution in [0.15, 0.2) is 22.6 Å². The van der Waals surface area contributed by atoms with Crippen molar-refractivity contribution in [2.45, 2.75) is 18.6 Å². The largest absolute Gasteiger partial charge is 0.423 e. The summed E-state index contributed by atoms with van der Waals surface area (Å²) in [5.74, 6) is -0.474. The van der Waals surface area contributed by atoms with Crippen LogP contribution >= 0.6 is 0 Å². The molecule has 2 aliphatic rings. The number of aromatic nitrogens is 1. The van der Waals surface area contributed by atoms with Crippen molar-refractivity contribution in [3.63, 3.8) is 0 Å². The number of hydrogen-bond acceptors (Lipinski definition) is 6. The van der Waals surface area contributed by atoms with Gasteiger partial charge in [-0.2, -0.15) is 4.98 Å². The molecule has 3 heterocycles. The minimum atomic E-state index is -0.474. The van der Waals surface area contributed by atoms with Gasteiger partial charge in [-0.15, -0.1) is 0 Å². The number of rotatable bonds is 1. The molecule has 6 heteroatoms. The lowest BCUT2D eigenvalue weighted by Gasteiger charge is -2.37. The van der Waals surface area contributed by atoms with Crippen LogP contribution in [-0.4, -0.2) is 37.1 Å². The molecule has 0 radical (unpaired) electrons. The van der Waals surface area contributed by atoms with Gasteiger partial charge in [0.2, 0.25) is 0 Å². The molecule has 1 spiro atoms. The second-order valence-electron chi connectivity index (χ2n) is 5.36. The highest BCUT2D eigenvalue weighted by molar-refractivity contribution is 5.78. The molecule has 2 fully saturated rings. The fourth-order valence-electron chi connectivity index (χ4n) is 2.95. The van der Waals surface area contributed by atoms with Gasteiger partial charge in [-0.25, -0.2) is 0 Å². The summed E-state index contributed by atoms with van der Waals surface area (Å²) >= 11 is 0. The second-order valence-corrected chi connectivity index (χ2v) is 5.36. The van der Waals surface area contributed by atoms with Crippen molar-refractivity contribution < 1.29 is 13.9 Å². The van der Waals surface area contributed by atoms with Gasteiger partial charge in [0, 0.05) is 24.7 Å². The van der Waals surface area contributed by atoms with Crippen LogP contribution in [0, 0.1) is 0 Å². The first-order chi connectivity index (χ1) is 9.74. The Balaban J connectivity index is 1.64. The lowest BCUT2D eigenvalue weighted by atomic mass is 10.1. The molecular formula is C14H17N3O3. The highest BCUT2D eigenvalue weighted by Crippen LogP contribution is 2.33. The van der Waals surface area contributed by atoms with Crippen molar-refractivity contribution in [3.8, 4) is 0 Å². The first-order valence-corrected chi connectivity index (χ1v) is 6.93. The van der Waals surface area contributed by atoms with E-state index in [0.29, 0.717) is 37.0 Å². The van der Waals surface area contributed by atoms with Gasteiger partial charge in [-0.3, -0.25) is 0 Å². The van der Waals surface area contributed by atoms with Crippen molar-refractivity contribution in [1.82, 2.24) is 4.98 Å². The normalized spacial score (nSPS) is 21.9. The number of oxazole rings is 1. The minimum absolute atomic E-state index is 0.474. The summed E-state index contributed by atoms with van der Waals surface area (Å²) in [4.78, 5) is 6.61. The monoisotopic (exact) mass is 275 g/mol. The van der Waals surface area contributed by atoms with Gasteiger partial charge in [0.25, 0.3) is 6.01 Å². The molecule has 20 heavy (non-hydrogen) atoms. The van der Waals surface area contributed by atoms with Crippen molar-refractivity contribution in [2.24, 2.45) is 0 Å². The van der Waals surface area contributed by atoms with E-state index in [9.17, 15) is 0 Å². The van der Waals surface area contributed by atoms with E-state index >= 15 is 0 Å². The number of piperidine rings is 1. The van der Waals surface area contributed by atoms with Gasteiger partial charge in [0.05, 0.1) is 19.8 Å². The Labute approximate surface area is 116 Å². The van der Waals surface area contributed by atoms with Gasteiger partial charge in [0.1, 0.15) is 5.52 Å². The maximum absolute atomic E-state index is 5.81. The Kier molecular flexibility index (Phi) is 2.61. The molecular weight excluding hydrogens is 258 g/mol. The topological polar surface area (TPSA) is 73.8 Å². The molecule has 1 aromatic carbocycles. The minimum Gasteiger partial charge on any atom is -0.423 e. The zero-order valence-electron chi connectivity index (χ0n) is 11.2.